The van der Waals surface area contributed by atoms with E-state index in [0.29, 0.717) is 13.2 Å². The lowest BCUT2D eigenvalue weighted by Gasteiger charge is -2.45. The van der Waals surface area contributed by atoms with Crippen LogP contribution in [0.3, 0.4) is 0 Å². The van der Waals surface area contributed by atoms with Crippen LogP contribution in [0.1, 0.15) is 16.7 Å². The largest absolute Gasteiger partial charge is 0.380 e. The lowest BCUT2D eigenvalue weighted by atomic mass is 9.98. The van der Waals surface area contributed by atoms with E-state index in [2.05, 4.69) is 0 Å². The minimum atomic E-state index is -1.28. The number of benzene rings is 3. The lowest BCUT2D eigenvalue weighted by Crippen LogP contribution is -2.62. The maximum absolute atomic E-state index is 10.8. The van der Waals surface area contributed by atoms with Gasteiger partial charge in [0.2, 0.25) is 0 Å². The second kappa shape index (κ2) is 12.7. The molecule has 0 aromatic heterocycles. The summed E-state index contributed by atoms with van der Waals surface area (Å²) in [4.78, 5) is 0. The number of alkyl halides is 1. The van der Waals surface area contributed by atoms with Crippen LogP contribution in [0, 0.1) is 0 Å². The van der Waals surface area contributed by atoms with Crippen LogP contribution in [0.4, 0.5) is 0 Å². The van der Waals surface area contributed by atoms with Crippen molar-refractivity contribution >= 4 is 22.6 Å². The standard InChI is InChI=1S/C27H29IO6/c28-26(29)24-22(31-16-19-10-4-1-5-11-19)23(32-17-20-12-6-2-7-13-20)25(27(30)34-24)33-18-21-14-8-3-9-15-21/h1-15,22-27,29-30H,16-18H2/t22-,23-,24-,25+,26?,27?/m0/s1. The van der Waals surface area contributed by atoms with E-state index in [9.17, 15) is 10.2 Å². The molecule has 6 nitrogen and oxygen atoms in total. The molecular weight excluding hydrogens is 547 g/mol. The van der Waals surface area contributed by atoms with Gasteiger partial charge in [0.1, 0.15) is 28.5 Å². The van der Waals surface area contributed by atoms with Crippen molar-refractivity contribution in [1.29, 1.82) is 0 Å². The van der Waals surface area contributed by atoms with Gasteiger partial charge in [0.15, 0.2) is 6.29 Å². The zero-order chi connectivity index (χ0) is 23.8. The molecule has 4 rings (SSSR count). The number of hydrogen-bond acceptors (Lipinski definition) is 6. The predicted octanol–water partition coefficient (Wildman–Crippen LogP) is 4.21. The minimum Gasteiger partial charge on any atom is -0.380 e. The molecular formula is C27H29IO6. The van der Waals surface area contributed by atoms with Gasteiger partial charge in [0.05, 0.1) is 19.8 Å². The Balaban J connectivity index is 1.56. The first-order valence-electron chi connectivity index (χ1n) is 11.2. The molecule has 1 aliphatic heterocycles. The van der Waals surface area contributed by atoms with Gasteiger partial charge in [0, 0.05) is 0 Å². The summed E-state index contributed by atoms with van der Waals surface area (Å²) in [5.41, 5.74) is 2.94. The van der Waals surface area contributed by atoms with Crippen molar-refractivity contribution in [3.05, 3.63) is 108 Å². The predicted molar refractivity (Wildman–Crippen MR) is 136 cm³/mol. The van der Waals surface area contributed by atoms with Gasteiger partial charge in [-0.3, -0.25) is 0 Å². The van der Waals surface area contributed by atoms with E-state index < -0.39 is 34.8 Å². The van der Waals surface area contributed by atoms with Crippen LogP contribution < -0.4 is 0 Å². The molecule has 7 heteroatoms. The summed E-state index contributed by atoms with van der Waals surface area (Å²) in [6.45, 7) is 0.889. The van der Waals surface area contributed by atoms with E-state index in [4.69, 9.17) is 18.9 Å². The molecule has 6 atom stereocenters. The van der Waals surface area contributed by atoms with Crippen molar-refractivity contribution in [1.82, 2.24) is 0 Å². The number of aliphatic hydroxyl groups is 2. The van der Waals surface area contributed by atoms with Crippen molar-refractivity contribution in [3.8, 4) is 0 Å². The highest BCUT2D eigenvalue weighted by molar-refractivity contribution is 14.1. The van der Waals surface area contributed by atoms with Gasteiger partial charge in [-0.05, 0) is 39.3 Å². The minimum absolute atomic E-state index is 0.278. The molecule has 3 aromatic rings. The van der Waals surface area contributed by atoms with Crippen molar-refractivity contribution in [3.63, 3.8) is 0 Å². The summed E-state index contributed by atoms with van der Waals surface area (Å²) >= 11 is 1.87. The first kappa shape index (κ1) is 25.2. The second-order valence-electron chi connectivity index (χ2n) is 8.15. The first-order chi connectivity index (χ1) is 16.6. The molecule has 0 radical (unpaired) electrons. The molecule has 0 saturated carbocycles. The van der Waals surface area contributed by atoms with Crippen LogP contribution in [-0.2, 0) is 38.8 Å². The smallest absolute Gasteiger partial charge is 0.184 e. The van der Waals surface area contributed by atoms with Gasteiger partial charge in [-0.2, -0.15) is 0 Å². The molecule has 1 saturated heterocycles. The summed E-state index contributed by atoms with van der Waals surface area (Å²) in [5, 5.41) is 21.3. The van der Waals surface area contributed by atoms with Crippen molar-refractivity contribution in [2.75, 3.05) is 0 Å². The number of halogens is 1. The molecule has 1 fully saturated rings. The molecule has 34 heavy (non-hydrogen) atoms. The maximum atomic E-state index is 10.8. The quantitative estimate of drug-likeness (QED) is 0.278. The number of aliphatic hydroxyl groups excluding tert-OH is 2. The highest BCUT2D eigenvalue weighted by atomic mass is 127. The average Bonchev–Trinajstić information content (AvgIpc) is 2.87. The Kier molecular flexibility index (Phi) is 9.46. The summed E-state index contributed by atoms with van der Waals surface area (Å²) in [7, 11) is 0. The number of ether oxygens (including phenoxy) is 4. The van der Waals surface area contributed by atoms with Crippen LogP contribution in [-0.4, -0.2) is 45.0 Å². The van der Waals surface area contributed by atoms with Gasteiger partial charge in [-0.25, -0.2) is 0 Å². The molecule has 0 amide bonds. The Hall–Kier alpha value is -1.85. The Labute approximate surface area is 213 Å². The Morgan fingerprint density at radius 2 is 1.03 bits per heavy atom. The topological polar surface area (TPSA) is 77.4 Å². The third-order valence-electron chi connectivity index (χ3n) is 5.68. The van der Waals surface area contributed by atoms with Crippen molar-refractivity contribution < 1.29 is 29.2 Å². The molecule has 1 aliphatic rings. The monoisotopic (exact) mass is 576 g/mol. The molecule has 2 unspecified atom stereocenters. The molecule has 0 aliphatic carbocycles. The van der Waals surface area contributed by atoms with Gasteiger partial charge in [-0.1, -0.05) is 91.0 Å². The molecule has 2 N–H and O–H groups in total. The molecule has 0 spiro atoms. The Morgan fingerprint density at radius 3 is 1.44 bits per heavy atom. The summed E-state index contributed by atoms with van der Waals surface area (Å²) in [6, 6.07) is 29.3. The number of rotatable bonds is 10. The summed E-state index contributed by atoms with van der Waals surface area (Å²) < 4.78 is 23.6. The van der Waals surface area contributed by atoms with Crippen molar-refractivity contribution in [2.24, 2.45) is 0 Å². The third kappa shape index (κ3) is 6.85. The highest BCUT2D eigenvalue weighted by Gasteiger charge is 2.49. The fourth-order valence-electron chi connectivity index (χ4n) is 3.93. The van der Waals surface area contributed by atoms with Crippen molar-refractivity contribution in [2.45, 2.75) is 54.6 Å². The normalized spacial score (nSPS) is 25.7. The Morgan fingerprint density at radius 1 is 0.647 bits per heavy atom. The molecule has 0 bridgehead atoms. The SMILES string of the molecule is OC(I)[C@H]1OC(O)[C@H](OCc2ccccc2)[C@@H](OCc2ccccc2)[C@@H]1OCc1ccccc1. The van der Waals surface area contributed by atoms with Gasteiger partial charge in [0.25, 0.3) is 0 Å². The van der Waals surface area contributed by atoms with Gasteiger partial charge < -0.3 is 29.2 Å². The molecule has 180 valence electrons. The fraction of sp³-hybridized carbons (Fsp3) is 0.333. The van der Waals surface area contributed by atoms with Crippen LogP contribution in [0.2, 0.25) is 0 Å². The zero-order valence-corrected chi connectivity index (χ0v) is 20.8. The molecule has 1 heterocycles. The van der Waals surface area contributed by atoms with E-state index in [-0.39, 0.29) is 6.61 Å². The molecule has 3 aromatic carbocycles. The van der Waals surface area contributed by atoms with Gasteiger partial charge >= 0.3 is 0 Å². The van der Waals surface area contributed by atoms with Crippen LogP contribution >= 0.6 is 22.6 Å². The summed E-state index contributed by atoms with van der Waals surface area (Å²) in [5.74, 6) is 0. The van der Waals surface area contributed by atoms with Crippen LogP contribution in [0.5, 0.6) is 0 Å². The zero-order valence-electron chi connectivity index (χ0n) is 18.7. The van der Waals surface area contributed by atoms with Gasteiger partial charge in [-0.15, -0.1) is 0 Å². The van der Waals surface area contributed by atoms with E-state index in [0.717, 1.165) is 16.7 Å². The second-order valence-corrected chi connectivity index (χ2v) is 9.42. The third-order valence-corrected chi connectivity index (χ3v) is 6.38. The van der Waals surface area contributed by atoms with E-state index in [1.54, 1.807) is 0 Å². The lowest BCUT2D eigenvalue weighted by molar-refractivity contribution is -0.317. The van der Waals surface area contributed by atoms with Crippen LogP contribution in [0.15, 0.2) is 91.0 Å². The highest BCUT2D eigenvalue weighted by Crippen LogP contribution is 2.32. The van der Waals surface area contributed by atoms with E-state index >= 15 is 0 Å². The maximum Gasteiger partial charge on any atom is 0.184 e. The Bertz CT molecular complexity index is 972. The average molecular weight is 576 g/mol. The van der Waals surface area contributed by atoms with E-state index in [1.807, 2.05) is 114 Å². The first-order valence-corrected chi connectivity index (χ1v) is 12.5. The summed E-state index contributed by atoms with van der Waals surface area (Å²) in [6.07, 6.45) is -4.23. The number of hydrogen-bond donors (Lipinski definition) is 2. The fourth-order valence-corrected chi connectivity index (χ4v) is 4.51. The van der Waals surface area contributed by atoms with Crippen LogP contribution in [0.25, 0.3) is 0 Å². The van der Waals surface area contributed by atoms with E-state index in [1.165, 1.54) is 0 Å².